The minimum absolute atomic E-state index is 0. The van der Waals surface area contributed by atoms with Gasteiger partial charge in [-0.05, 0) is 23.7 Å². The maximum absolute atomic E-state index is 6.02. The summed E-state index contributed by atoms with van der Waals surface area (Å²) in [6, 6.07) is 0. The summed E-state index contributed by atoms with van der Waals surface area (Å²) in [4.78, 5) is 0. The van der Waals surface area contributed by atoms with Crippen LogP contribution in [0.1, 0.15) is 33.6 Å². The molecule has 3 fully saturated rings. The Balaban J connectivity index is 0.000000720. The normalized spacial score (nSPS) is 49.0. The van der Waals surface area contributed by atoms with Gasteiger partial charge in [-0.25, -0.2) is 0 Å². The van der Waals surface area contributed by atoms with E-state index in [9.17, 15) is 0 Å². The van der Waals surface area contributed by atoms with Gasteiger partial charge in [-0.3, -0.25) is 5.82 Å². The molecule has 0 saturated heterocycles. The smallest absolute Gasteiger partial charge is 0.621 e. The Hall–Kier alpha value is 0.662. The average Bonchev–Trinajstić information content (AvgIpc) is 1.93. The van der Waals surface area contributed by atoms with Gasteiger partial charge in [-0.15, -0.1) is 0 Å². The van der Waals surface area contributed by atoms with Gasteiger partial charge in [0.25, 0.3) is 0 Å². The van der Waals surface area contributed by atoms with Crippen molar-refractivity contribution in [3.05, 3.63) is 0 Å². The van der Waals surface area contributed by atoms with Crippen molar-refractivity contribution >= 4 is 7.85 Å². The summed E-state index contributed by atoms with van der Waals surface area (Å²) in [7, 11) is 6.02. The van der Waals surface area contributed by atoms with E-state index < -0.39 is 0 Å². The Kier molecular flexibility index (Phi) is 2.78. The SMILES string of the molecule is [B-][C@@H]1C[C@@H]2C[C@H]([C@H]1C)C2(C)C.[Li+]. The number of hydrogen-bond acceptors (Lipinski definition) is 0. The van der Waals surface area contributed by atoms with Crippen molar-refractivity contribution in [2.45, 2.75) is 39.4 Å². The second kappa shape index (κ2) is 3.11. The van der Waals surface area contributed by atoms with E-state index in [1.165, 1.54) is 12.8 Å². The second-order valence-electron chi connectivity index (χ2n) is 5.12. The zero-order valence-corrected chi connectivity index (χ0v) is 8.80. The summed E-state index contributed by atoms with van der Waals surface area (Å²) >= 11 is 0. The van der Waals surface area contributed by atoms with E-state index in [-0.39, 0.29) is 18.9 Å². The molecule has 0 spiro atoms. The Morgan fingerprint density at radius 2 is 1.83 bits per heavy atom. The molecule has 0 aromatic rings. The molecule has 3 aliphatic carbocycles. The minimum atomic E-state index is 0. The summed E-state index contributed by atoms with van der Waals surface area (Å²) in [5, 5.41) is 0. The van der Waals surface area contributed by atoms with Crippen LogP contribution in [0.4, 0.5) is 0 Å². The predicted octanol–water partition coefficient (Wildman–Crippen LogP) is -0.350. The largest absolute Gasteiger partial charge is 1.00 e. The first-order valence-electron chi connectivity index (χ1n) is 4.79. The van der Waals surface area contributed by atoms with Crippen LogP contribution in [0.3, 0.4) is 0 Å². The van der Waals surface area contributed by atoms with Gasteiger partial charge in [0.2, 0.25) is 0 Å². The summed E-state index contributed by atoms with van der Waals surface area (Å²) < 4.78 is 0. The van der Waals surface area contributed by atoms with Gasteiger partial charge in [0.1, 0.15) is 0 Å². The first kappa shape index (κ1) is 10.7. The molecule has 3 rings (SSSR count). The first-order valence-corrected chi connectivity index (χ1v) is 4.79. The molecule has 4 atom stereocenters. The second-order valence-corrected chi connectivity index (χ2v) is 5.12. The first-order chi connectivity index (χ1) is 5.03. The van der Waals surface area contributed by atoms with Gasteiger partial charge in [0, 0.05) is 0 Å². The molecule has 0 aromatic heterocycles. The van der Waals surface area contributed by atoms with Crippen molar-refractivity contribution in [3.8, 4) is 0 Å². The van der Waals surface area contributed by atoms with Crippen LogP contribution in [0.5, 0.6) is 0 Å². The van der Waals surface area contributed by atoms with Crippen LogP contribution in [-0.4, -0.2) is 7.85 Å². The van der Waals surface area contributed by atoms with Crippen LogP contribution >= 0.6 is 0 Å². The van der Waals surface area contributed by atoms with Crippen LogP contribution in [0, 0.1) is 23.2 Å². The molecule has 0 heterocycles. The average molecular weight is 155 g/mol. The third-order valence-electron chi connectivity index (χ3n) is 4.41. The monoisotopic (exact) mass is 155 g/mol. The molecule has 2 bridgehead atoms. The molecule has 61 valence electrons. The molecule has 0 amide bonds. The molecule has 3 saturated carbocycles. The maximum Gasteiger partial charge on any atom is 1.00 e. The Bertz CT molecular complexity index is 179. The summed E-state index contributed by atoms with van der Waals surface area (Å²) in [6.45, 7) is 7.15. The van der Waals surface area contributed by atoms with Crippen molar-refractivity contribution < 1.29 is 18.9 Å². The summed E-state index contributed by atoms with van der Waals surface area (Å²) in [5.41, 5.74) is 0.606. The Labute approximate surface area is 89.5 Å². The van der Waals surface area contributed by atoms with Crippen molar-refractivity contribution in [3.63, 3.8) is 0 Å². The molecule has 12 heavy (non-hydrogen) atoms. The number of fused-ring (bicyclic) bond motifs is 2. The van der Waals surface area contributed by atoms with Crippen LogP contribution in [0.15, 0.2) is 0 Å². The molecule has 0 aromatic carbocycles. The molecule has 0 aliphatic heterocycles. The van der Waals surface area contributed by atoms with Gasteiger partial charge in [-0.1, -0.05) is 33.1 Å². The van der Waals surface area contributed by atoms with Crippen molar-refractivity contribution in [1.82, 2.24) is 0 Å². The van der Waals surface area contributed by atoms with E-state index in [4.69, 9.17) is 7.85 Å². The fourth-order valence-corrected chi connectivity index (χ4v) is 3.19. The van der Waals surface area contributed by atoms with E-state index in [1.807, 2.05) is 0 Å². The third kappa shape index (κ3) is 1.21. The zero-order valence-electron chi connectivity index (χ0n) is 8.80. The molecular formula is C10H17BLi. The molecule has 3 radical (unpaired) electrons. The minimum Gasteiger partial charge on any atom is -0.621 e. The molecule has 0 nitrogen and oxygen atoms in total. The zero-order chi connectivity index (χ0) is 8.22. The van der Waals surface area contributed by atoms with Gasteiger partial charge in [0.15, 0.2) is 0 Å². The molecule has 0 unspecified atom stereocenters. The van der Waals surface area contributed by atoms with Crippen molar-refractivity contribution in [2.24, 2.45) is 23.2 Å². The van der Waals surface area contributed by atoms with Crippen LogP contribution < -0.4 is 18.9 Å². The van der Waals surface area contributed by atoms with E-state index in [1.54, 1.807) is 0 Å². The Morgan fingerprint density at radius 1 is 1.25 bits per heavy atom. The molecular weight excluding hydrogens is 138 g/mol. The van der Waals surface area contributed by atoms with Crippen LogP contribution in [0.25, 0.3) is 0 Å². The third-order valence-corrected chi connectivity index (χ3v) is 4.41. The van der Waals surface area contributed by atoms with E-state index >= 15 is 0 Å². The van der Waals surface area contributed by atoms with E-state index in [0.29, 0.717) is 11.2 Å². The fraction of sp³-hybridized carbons (Fsp3) is 1.00. The molecule has 3 aliphatic rings. The molecule has 2 heteroatoms. The van der Waals surface area contributed by atoms with Gasteiger partial charge < -0.3 is 7.85 Å². The summed E-state index contributed by atoms with van der Waals surface area (Å²) in [5.74, 6) is 3.09. The maximum atomic E-state index is 6.02. The van der Waals surface area contributed by atoms with Gasteiger partial charge in [0.05, 0.1) is 0 Å². The Morgan fingerprint density at radius 3 is 2.17 bits per heavy atom. The predicted molar refractivity (Wildman–Crippen MR) is 48.7 cm³/mol. The topological polar surface area (TPSA) is 0 Å². The quantitative estimate of drug-likeness (QED) is 0.419. The standard InChI is InChI=1S/C10H17B.Li/c1-6-8-4-7(5-9(6)11)10(8,2)3;/h6-9H,4-5H2,1-3H3;/q-1;+1/t6-,7+,8-,9-;/m1./s1. The van der Waals surface area contributed by atoms with E-state index in [0.717, 1.165) is 17.8 Å². The summed E-state index contributed by atoms with van der Waals surface area (Å²) in [6.07, 6.45) is 2.71. The van der Waals surface area contributed by atoms with Crippen molar-refractivity contribution in [1.29, 1.82) is 0 Å². The fourth-order valence-electron chi connectivity index (χ4n) is 3.19. The van der Waals surface area contributed by atoms with Crippen LogP contribution in [0.2, 0.25) is 5.82 Å². The van der Waals surface area contributed by atoms with Crippen molar-refractivity contribution in [2.75, 3.05) is 0 Å². The van der Waals surface area contributed by atoms with Crippen LogP contribution in [-0.2, 0) is 0 Å². The number of rotatable bonds is 0. The van der Waals surface area contributed by atoms with E-state index in [2.05, 4.69) is 20.8 Å². The number of hydrogen-bond donors (Lipinski definition) is 0. The molecule has 0 N–H and O–H groups in total. The van der Waals surface area contributed by atoms with Gasteiger partial charge >= 0.3 is 18.9 Å². The van der Waals surface area contributed by atoms with Gasteiger partial charge in [-0.2, -0.15) is 0 Å².